The summed E-state index contributed by atoms with van der Waals surface area (Å²) in [7, 11) is 1.59. The average Bonchev–Trinajstić information content (AvgIpc) is 2.56. The largest absolute Gasteiger partial charge is 0.493 e. The fourth-order valence-corrected chi connectivity index (χ4v) is 2.23. The highest BCUT2D eigenvalue weighted by Gasteiger charge is 2.05. The first kappa shape index (κ1) is 17.3. The Kier molecular flexibility index (Phi) is 6.40. The molecule has 0 spiro atoms. The Labute approximate surface area is 148 Å². The standard InChI is InChI=1S/C17H17IN2O3/c1-3-23-16-10-12(4-9-15(16)22-2)11-19-20-17(21)13-5-7-14(18)8-6-13/h4-11H,3H2,1-2H3,(H,20,21)/b19-11-. The summed E-state index contributed by atoms with van der Waals surface area (Å²) in [6.45, 7) is 2.45. The predicted octanol–water partition coefficient (Wildman–Crippen LogP) is 3.46. The van der Waals surface area contributed by atoms with Gasteiger partial charge in [0.15, 0.2) is 11.5 Å². The van der Waals surface area contributed by atoms with Crippen LogP contribution in [0.25, 0.3) is 0 Å². The Morgan fingerprint density at radius 2 is 1.96 bits per heavy atom. The van der Waals surface area contributed by atoms with E-state index >= 15 is 0 Å². The molecular formula is C17H17IN2O3. The molecule has 2 aromatic rings. The Bertz CT molecular complexity index is 699. The number of carbonyl (C=O) groups is 1. The minimum absolute atomic E-state index is 0.254. The SMILES string of the molecule is CCOc1cc(/C=N\NC(=O)c2ccc(I)cc2)ccc1OC. The number of carbonyl (C=O) groups excluding carboxylic acids is 1. The van der Waals surface area contributed by atoms with E-state index in [-0.39, 0.29) is 5.91 Å². The Balaban J connectivity index is 2.03. The molecule has 0 bridgehead atoms. The lowest BCUT2D eigenvalue weighted by atomic mass is 10.2. The van der Waals surface area contributed by atoms with Crippen molar-refractivity contribution in [2.75, 3.05) is 13.7 Å². The summed E-state index contributed by atoms with van der Waals surface area (Å²) in [5.41, 5.74) is 3.87. The molecule has 0 heterocycles. The molecule has 0 unspecified atom stereocenters. The quantitative estimate of drug-likeness (QED) is 0.439. The van der Waals surface area contributed by atoms with Crippen LogP contribution in [0, 0.1) is 3.57 Å². The number of benzene rings is 2. The van der Waals surface area contributed by atoms with Crippen molar-refractivity contribution in [3.8, 4) is 11.5 Å². The summed E-state index contributed by atoms with van der Waals surface area (Å²) in [5, 5.41) is 3.97. The van der Waals surface area contributed by atoms with Gasteiger partial charge in [0.05, 0.1) is 19.9 Å². The lowest BCUT2D eigenvalue weighted by Gasteiger charge is -2.09. The number of ether oxygens (including phenoxy) is 2. The van der Waals surface area contributed by atoms with Crippen LogP contribution in [0.4, 0.5) is 0 Å². The molecule has 1 amide bonds. The zero-order chi connectivity index (χ0) is 16.7. The topological polar surface area (TPSA) is 59.9 Å². The van der Waals surface area contributed by atoms with Crippen LogP contribution in [0.3, 0.4) is 0 Å². The molecule has 0 radical (unpaired) electrons. The molecule has 0 aliphatic rings. The van der Waals surface area contributed by atoms with Gasteiger partial charge in [0.2, 0.25) is 0 Å². The molecule has 0 aliphatic heterocycles. The van der Waals surface area contributed by atoms with E-state index < -0.39 is 0 Å². The summed E-state index contributed by atoms with van der Waals surface area (Å²) < 4.78 is 11.8. The van der Waals surface area contributed by atoms with Gasteiger partial charge in [-0.05, 0) is 77.5 Å². The van der Waals surface area contributed by atoms with Crippen LogP contribution in [-0.4, -0.2) is 25.8 Å². The van der Waals surface area contributed by atoms with Crippen LogP contribution in [0.15, 0.2) is 47.6 Å². The number of hydrazone groups is 1. The number of nitrogens with one attached hydrogen (secondary N) is 1. The molecule has 0 aromatic heterocycles. The van der Waals surface area contributed by atoms with Crippen molar-refractivity contribution in [1.82, 2.24) is 5.43 Å². The normalized spacial score (nSPS) is 10.6. The van der Waals surface area contributed by atoms with Gasteiger partial charge in [-0.2, -0.15) is 5.10 Å². The highest BCUT2D eigenvalue weighted by atomic mass is 127. The molecular weight excluding hydrogens is 407 g/mol. The zero-order valence-corrected chi connectivity index (χ0v) is 15.0. The maximum absolute atomic E-state index is 11.9. The first-order valence-electron chi connectivity index (χ1n) is 7.04. The number of hydrogen-bond acceptors (Lipinski definition) is 4. The summed E-state index contributed by atoms with van der Waals surface area (Å²) in [6.07, 6.45) is 1.56. The summed E-state index contributed by atoms with van der Waals surface area (Å²) in [4.78, 5) is 11.9. The fraction of sp³-hybridized carbons (Fsp3) is 0.176. The second-order valence-corrected chi connectivity index (χ2v) is 5.79. The molecule has 6 heteroatoms. The van der Waals surface area contributed by atoms with E-state index in [0.717, 1.165) is 9.13 Å². The van der Waals surface area contributed by atoms with Crippen LogP contribution in [0.5, 0.6) is 11.5 Å². The maximum atomic E-state index is 11.9. The Morgan fingerprint density at radius 3 is 2.61 bits per heavy atom. The van der Waals surface area contributed by atoms with Gasteiger partial charge in [-0.3, -0.25) is 4.79 Å². The van der Waals surface area contributed by atoms with Gasteiger partial charge >= 0.3 is 0 Å². The first-order chi connectivity index (χ1) is 11.1. The molecule has 2 rings (SSSR count). The molecule has 23 heavy (non-hydrogen) atoms. The molecule has 0 saturated carbocycles. The second-order valence-electron chi connectivity index (χ2n) is 4.55. The predicted molar refractivity (Wildman–Crippen MR) is 98.4 cm³/mol. The van der Waals surface area contributed by atoms with Crippen LogP contribution in [0.2, 0.25) is 0 Å². The maximum Gasteiger partial charge on any atom is 0.271 e. The summed E-state index contributed by atoms with van der Waals surface area (Å²) >= 11 is 2.19. The Hall–Kier alpha value is -2.09. The zero-order valence-electron chi connectivity index (χ0n) is 12.9. The number of rotatable bonds is 6. The van der Waals surface area contributed by atoms with Crippen molar-refractivity contribution in [1.29, 1.82) is 0 Å². The summed E-state index contributed by atoms with van der Waals surface area (Å²) in [5.74, 6) is 1.05. The highest BCUT2D eigenvalue weighted by molar-refractivity contribution is 14.1. The number of methoxy groups -OCH3 is 1. The van der Waals surface area contributed by atoms with Gasteiger partial charge in [0.25, 0.3) is 5.91 Å². The molecule has 120 valence electrons. The molecule has 5 nitrogen and oxygen atoms in total. The van der Waals surface area contributed by atoms with Crippen LogP contribution in [0.1, 0.15) is 22.8 Å². The first-order valence-corrected chi connectivity index (χ1v) is 8.11. The summed E-state index contributed by atoms with van der Waals surface area (Å²) in [6, 6.07) is 12.7. The number of hydrogen-bond donors (Lipinski definition) is 1. The molecule has 0 fully saturated rings. The molecule has 0 saturated heterocycles. The monoisotopic (exact) mass is 424 g/mol. The van der Waals surface area contributed by atoms with Gasteiger partial charge in [0, 0.05) is 9.13 Å². The third-order valence-corrected chi connectivity index (χ3v) is 3.69. The number of nitrogens with zero attached hydrogens (tertiary/aromatic N) is 1. The highest BCUT2D eigenvalue weighted by Crippen LogP contribution is 2.27. The van der Waals surface area contributed by atoms with Crippen LogP contribution >= 0.6 is 22.6 Å². The van der Waals surface area contributed by atoms with E-state index in [4.69, 9.17) is 9.47 Å². The molecule has 0 aliphatic carbocycles. The lowest BCUT2D eigenvalue weighted by molar-refractivity contribution is 0.0955. The van der Waals surface area contributed by atoms with Gasteiger partial charge in [-0.15, -0.1) is 0 Å². The van der Waals surface area contributed by atoms with Crippen molar-refractivity contribution >= 4 is 34.7 Å². The van der Waals surface area contributed by atoms with E-state index in [1.807, 2.05) is 31.2 Å². The van der Waals surface area contributed by atoms with E-state index in [2.05, 4.69) is 33.1 Å². The van der Waals surface area contributed by atoms with Crippen molar-refractivity contribution in [2.24, 2.45) is 5.10 Å². The van der Waals surface area contributed by atoms with Crippen molar-refractivity contribution < 1.29 is 14.3 Å². The van der Waals surface area contributed by atoms with Crippen molar-refractivity contribution in [3.05, 3.63) is 57.2 Å². The molecule has 2 aromatic carbocycles. The van der Waals surface area contributed by atoms with E-state index in [1.54, 1.807) is 31.5 Å². The minimum atomic E-state index is -0.254. The average molecular weight is 424 g/mol. The third kappa shape index (κ3) is 4.95. The molecule has 0 atom stereocenters. The van der Waals surface area contributed by atoms with Gasteiger partial charge in [-0.25, -0.2) is 5.43 Å². The van der Waals surface area contributed by atoms with Crippen LogP contribution < -0.4 is 14.9 Å². The number of halogens is 1. The Morgan fingerprint density at radius 1 is 1.22 bits per heavy atom. The van der Waals surface area contributed by atoms with E-state index in [0.29, 0.717) is 23.7 Å². The third-order valence-electron chi connectivity index (χ3n) is 2.97. The molecule has 1 N–H and O–H groups in total. The minimum Gasteiger partial charge on any atom is -0.493 e. The van der Waals surface area contributed by atoms with Gasteiger partial charge < -0.3 is 9.47 Å². The number of amides is 1. The van der Waals surface area contributed by atoms with Crippen molar-refractivity contribution in [3.63, 3.8) is 0 Å². The smallest absolute Gasteiger partial charge is 0.271 e. The van der Waals surface area contributed by atoms with E-state index in [9.17, 15) is 4.79 Å². The van der Waals surface area contributed by atoms with Gasteiger partial charge in [0.1, 0.15) is 0 Å². The second kappa shape index (κ2) is 8.52. The van der Waals surface area contributed by atoms with Crippen molar-refractivity contribution in [2.45, 2.75) is 6.92 Å². The van der Waals surface area contributed by atoms with Gasteiger partial charge in [-0.1, -0.05) is 0 Å². The van der Waals surface area contributed by atoms with Crippen LogP contribution in [-0.2, 0) is 0 Å². The fourth-order valence-electron chi connectivity index (χ4n) is 1.87. The lowest BCUT2D eigenvalue weighted by Crippen LogP contribution is -2.17. The van der Waals surface area contributed by atoms with E-state index in [1.165, 1.54) is 0 Å².